The summed E-state index contributed by atoms with van der Waals surface area (Å²) >= 11 is 0. The van der Waals surface area contributed by atoms with Crippen LogP contribution in [-0.2, 0) is 4.74 Å². The number of amides is 1. The van der Waals surface area contributed by atoms with Crippen LogP contribution in [0.1, 0.15) is 20.3 Å². The second-order valence-corrected chi connectivity index (χ2v) is 2.79. The Morgan fingerprint density at radius 3 is 2.73 bits per heavy atom. The summed E-state index contributed by atoms with van der Waals surface area (Å²) in [4.78, 5) is 11.8. The molecule has 11 heavy (non-hydrogen) atoms. The fourth-order valence-electron chi connectivity index (χ4n) is 1.30. The zero-order chi connectivity index (χ0) is 8.48. The van der Waals surface area contributed by atoms with E-state index in [2.05, 4.69) is 0 Å². The maximum Gasteiger partial charge on any atom is 0.409 e. The van der Waals surface area contributed by atoms with Crippen molar-refractivity contribution in [2.24, 2.45) is 0 Å². The molecule has 0 saturated carbocycles. The fraction of sp³-hybridized carbons (Fsp3) is 0.857. The molecule has 0 aliphatic carbocycles. The van der Waals surface area contributed by atoms with Gasteiger partial charge in [-0.05, 0) is 13.8 Å². The molecule has 4 heteroatoms. The Balaban J connectivity index is 2.52. The molecule has 0 aromatic rings. The minimum absolute atomic E-state index is 0.555. The smallest absolute Gasteiger partial charge is 0.409 e. The SMILES string of the molecule is CCOC1(C)CCN1C(=O)O. The number of nitrogens with zero attached hydrogens (tertiary/aromatic N) is 1. The Labute approximate surface area is 65.8 Å². The van der Waals surface area contributed by atoms with Crippen LogP contribution in [0.3, 0.4) is 0 Å². The van der Waals surface area contributed by atoms with Gasteiger partial charge in [-0.15, -0.1) is 0 Å². The van der Waals surface area contributed by atoms with Gasteiger partial charge in [-0.1, -0.05) is 0 Å². The van der Waals surface area contributed by atoms with Gasteiger partial charge in [-0.3, -0.25) is 4.90 Å². The van der Waals surface area contributed by atoms with Crippen LogP contribution in [0, 0.1) is 0 Å². The molecule has 1 amide bonds. The first-order valence-electron chi connectivity index (χ1n) is 3.74. The normalized spacial score (nSPS) is 29.8. The average molecular weight is 159 g/mol. The predicted octanol–water partition coefficient (Wildman–Crippen LogP) is 1.12. The van der Waals surface area contributed by atoms with Gasteiger partial charge < -0.3 is 9.84 Å². The molecule has 64 valence electrons. The summed E-state index contributed by atoms with van der Waals surface area (Å²) in [5.41, 5.74) is -0.555. The molecule has 0 bridgehead atoms. The van der Waals surface area contributed by atoms with E-state index in [1.54, 1.807) is 6.92 Å². The molecule has 1 N–H and O–H groups in total. The van der Waals surface area contributed by atoms with Gasteiger partial charge in [-0.2, -0.15) is 0 Å². The molecule has 0 aromatic carbocycles. The van der Waals surface area contributed by atoms with Crippen LogP contribution < -0.4 is 0 Å². The highest BCUT2D eigenvalue weighted by molar-refractivity contribution is 5.67. The largest absolute Gasteiger partial charge is 0.465 e. The molecule has 1 atom stereocenters. The summed E-state index contributed by atoms with van der Waals surface area (Å²) in [7, 11) is 0. The Bertz CT molecular complexity index is 171. The summed E-state index contributed by atoms with van der Waals surface area (Å²) in [6.45, 7) is 4.81. The van der Waals surface area contributed by atoms with Crippen molar-refractivity contribution in [3.05, 3.63) is 0 Å². The van der Waals surface area contributed by atoms with E-state index in [0.29, 0.717) is 13.2 Å². The van der Waals surface area contributed by atoms with Gasteiger partial charge in [0.15, 0.2) is 0 Å². The third-order valence-corrected chi connectivity index (χ3v) is 2.06. The van der Waals surface area contributed by atoms with Crippen molar-refractivity contribution >= 4 is 6.09 Å². The van der Waals surface area contributed by atoms with Gasteiger partial charge in [0.2, 0.25) is 0 Å². The molecule has 0 spiro atoms. The molecule has 1 aliphatic heterocycles. The van der Waals surface area contributed by atoms with Gasteiger partial charge in [0, 0.05) is 19.6 Å². The lowest BCUT2D eigenvalue weighted by Gasteiger charge is -2.47. The van der Waals surface area contributed by atoms with Crippen molar-refractivity contribution in [2.75, 3.05) is 13.2 Å². The third kappa shape index (κ3) is 1.30. The number of likely N-dealkylation sites (tertiary alicyclic amines) is 1. The molecule has 1 unspecified atom stereocenters. The van der Waals surface area contributed by atoms with Crippen LogP contribution in [0.2, 0.25) is 0 Å². The van der Waals surface area contributed by atoms with Crippen molar-refractivity contribution in [3.8, 4) is 0 Å². The second kappa shape index (κ2) is 2.70. The number of ether oxygens (including phenoxy) is 1. The Hall–Kier alpha value is -0.770. The summed E-state index contributed by atoms with van der Waals surface area (Å²) in [5, 5.41) is 8.64. The fourth-order valence-corrected chi connectivity index (χ4v) is 1.30. The van der Waals surface area contributed by atoms with Crippen molar-refractivity contribution in [2.45, 2.75) is 26.0 Å². The Morgan fingerprint density at radius 1 is 1.82 bits per heavy atom. The Morgan fingerprint density at radius 2 is 2.45 bits per heavy atom. The van der Waals surface area contributed by atoms with Crippen molar-refractivity contribution in [1.82, 2.24) is 4.90 Å². The standard InChI is InChI=1S/C7H13NO3/c1-3-11-7(2)4-5-8(7)6(9)10/h3-5H2,1-2H3,(H,9,10). The lowest BCUT2D eigenvalue weighted by molar-refractivity contribution is -0.183. The Kier molecular flexibility index (Phi) is 2.04. The first-order valence-corrected chi connectivity index (χ1v) is 3.74. The average Bonchev–Trinajstić information content (AvgIpc) is 1.85. The predicted molar refractivity (Wildman–Crippen MR) is 39.4 cm³/mol. The number of carbonyl (C=O) groups is 1. The third-order valence-electron chi connectivity index (χ3n) is 2.06. The molecular formula is C7H13NO3. The van der Waals surface area contributed by atoms with E-state index in [9.17, 15) is 4.79 Å². The first kappa shape index (κ1) is 8.33. The second-order valence-electron chi connectivity index (χ2n) is 2.79. The summed E-state index contributed by atoms with van der Waals surface area (Å²) in [6, 6.07) is 0. The maximum absolute atomic E-state index is 10.5. The molecule has 1 saturated heterocycles. The topological polar surface area (TPSA) is 49.8 Å². The number of hydrogen-bond donors (Lipinski definition) is 1. The van der Waals surface area contributed by atoms with Gasteiger partial charge >= 0.3 is 6.09 Å². The number of rotatable bonds is 2. The van der Waals surface area contributed by atoms with E-state index < -0.39 is 11.8 Å². The van der Waals surface area contributed by atoms with Crippen molar-refractivity contribution < 1.29 is 14.6 Å². The molecule has 0 radical (unpaired) electrons. The summed E-state index contributed by atoms with van der Waals surface area (Å²) in [5.74, 6) is 0. The number of carboxylic acid groups (broad SMARTS) is 1. The van der Waals surface area contributed by atoms with E-state index in [0.717, 1.165) is 6.42 Å². The van der Waals surface area contributed by atoms with Crippen LogP contribution in [0.25, 0.3) is 0 Å². The van der Waals surface area contributed by atoms with E-state index in [4.69, 9.17) is 9.84 Å². The zero-order valence-corrected chi connectivity index (χ0v) is 6.83. The van der Waals surface area contributed by atoms with Crippen LogP contribution in [0.15, 0.2) is 0 Å². The molecule has 1 aliphatic rings. The van der Waals surface area contributed by atoms with Crippen LogP contribution in [-0.4, -0.2) is 35.0 Å². The van der Waals surface area contributed by atoms with Gasteiger partial charge in [-0.25, -0.2) is 4.79 Å². The van der Waals surface area contributed by atoms with Gasteiger partial charge in [0.1, 0.15) is 5.72 Å². The highest BCUT2D eigenvalue weighted by Gasteiger charge is 2.44. The van der Waals surface area contributed by atoms with E-state index in [-0.39, 0.29) is 0 Å². The van der Waals surface area contributed by atoms with Crippen LogP contribution in [0.5, 0.6) is 0 Å². The van der Waals surface area contributed by atoms with Crippen molar-refractivity contribution in [1.29, 1.82) is 0 Å². The highest BCUT2D eigenvalue weighted by Crippen LogP contribution is 2.30. The first-order chi connectivity index (χ1) is 5.10. The maximum atomic E-state index is 10.5. The molecule has 1 rings (SSSR count). The highest BCUT2D eigenvalue weighted by atomic mass is 16.5. The van der Waals surface area contributed by atoms with E-state index >= 15 is 0 Å². The molecule has 0 aromatic heterocycles. The van der Waals surface area contributed by atoms with E-state index in [1.165, 1.54) is 4.90 Å². The van der Waals surface area contributed by atoms with Gasteiger partial charge in [0.25, 0.3) is 0 Å². The lowest BCUT2D eigenvalue weighted by atomic mass is 10.0. The van der Waals surface area contributed by atoms with Crippen LogP contribution in [0.4, 0.5) is 4.79 Å². The minimum atomic E-state index is -0.896. The van der Waals surface area contributed by atoms with E-state index in [1.807, 2.05) is 6.92 Å². The molecular weight excluding hydrogens is 146 g/mol. The number of hydrogen-bond acceptors (Lipinski definition) is 2. The van der Waals surface area contributed by atoms with Gasteiger partial charge in [0.05, 0.1) is 0 Å². The quantitative estimate of drug-likeness (QED) is 0.656. The van der Waals surface area contributed by atoms with Crippen molar-refractivity contribution in [3.63, 3.8) is 0 Å². The minimum Gasteiger partial charge on any atom is -0.465 e. The zero-order valence-electron chi connectivity index (χ0n) is 6.83. The van der Waals surface area contributed by atoms with Crippen LogP contribution >= 0.6 is 0 Å². The molecule has 4 nitrogen and oxygen atoms in total. The summed E-state index contributed by atoms with van der Waals surface area (Å²) < 4.78 is 5.28. The lowest BCUT2D eigenvalue weighted by Crippen LogP contribution is -2.61. The summed E-state index contributed by atoms with van der Waals surface area (Å²) in [6.07, 6.45) is -0.0974. The molecule has 1 heterocycles. The molecule has 1 fully saturated rings. The monoisotopic (exact) mass is 159 g/mol.